The fourth-order valence-corrected chi connectivity index (χ4v) is 2.58. The van der Waals surface area contributed by atoms with E-state index in [1.54, 1.807) is 0 Å². The van der Waals surface area contributed by atoms with Crippen LogP contribution in [0.1, 0.15) is 10.4 Å². The number of nitro groups is 1. The molecule has 0 unspecified atom stereocenters. The Labute approximate surface area is 158 Å². The summed E-state index contributed by atoms with van der Waals surface area (Å²) in [7, 11) is 0. The first-order chi connectivity index (χ1) is 13.5. The molecule has 3 aromatic rings. The molecular weight excluding hydrogens is 367 g/mol. The number of halogens is 1. The van der Waals surface area contributed by atoms with Crippen LogP contribution in [-0.4, -0.2) is 26.9 Å². The van der Waals surface area contributed by atoms with Gasteiger partial charge in [0.05, 0.1) is 16.9 Å². The zero-order valence-corrected chi connectivity index (χ0v) is 14.5. The highest BCUT2D eigenvalue weighted by atomic mass is 19.1. The predicted molar refractivity (Wildman–Crippen MR) is 99.3 cm³/mol. The standard InChI is InChI=1S/C19H15FN4O4/c20-14-7-5-13(6-8-14)16-11-18(25)23(12-22-16)10-9-21-19(26)15-3-1-2-4-17(15)24(27)28/h1-8,11-12H,9-10H2,(H,21,26). The minimum absolute atomic E-state index is 0.0513. The second-order valence-corrected chi connectivity index (χ2v) is 5.84. The summed E-state index contributed by atoms with van der Waals surface area (Å²) in [6.07, 6.45) is 1.33. The van der Waals surface area contributed by atoms with Crippen molar-refractivity contribution in [3.63, 3.8) is 0 Å². The lowest BCUT2D eigenvalue weighted by Gasteiger charge is -2.08. The van der Waals surface area contributed by atoms with Crippen molar-refractivity contribution in [2.75, 3.05) is 6.54 Å². The highest BCUT2D eigenvalue weighted by Crippen LogP contribution is 2.17. The van der Waals surface area contributed by atoms with Gasteiger partial charge in [0.25, 0.3) is 17.2 Å². The first kappa shape index (κ1) is 18.9. The Hall–Kier alpha value is -3.88. The van der Waals surface area contributed by atoms with Gasteiger partial charge in [-0.15, -0.1) is 0 Å². The number of nitrogens with zero attached hydrogens (tertiary/aromatic N) is 3. The van der Waals surface area contributed by atoms with E-state index in [1.165, 1.54) is 65.5 Å². The van der Waals surface area contributed by atoms with Crippen molar-refractivity contribution in [2.45, 2.75) is 6.54 Å². The van der Waals surface area contributed by atoms with Crippen LogP contribution in [0, 0.1) is 15.9 Å². The zero-order valence-electron chi connectivity index (χ0n) is 14.5. The fourth-order valence-electron chi connectivity index (χ4n) is 2.58. The van der Waals surface area contributed by atoms with E-state index >= 15 is 0 Å². The van der Waals surface area contributed by atoms with Gasteiger partial charge in [0, 0.05) is 30.8 Å². The van der Waals surface area contributed by atoms with Crippen LogP contribution >= 0.6 is 0 Å². The van der Waals surface area contributed by atoms with Crippen molar-refractivity contribution in [2.24, 2.45) is 0 Å². The average Bonchev–Trinajstić information content (AvgIpc) is 2.69. The number of rotatable bonds is 6. The number of carbonyl (C=O) groups excluding carboxylic acids is 1. The molecule has 1 aromatic heterocycles. The molecule has 0 spiro atoms. The summed E-state index contributed by atoms with van der Waals surface area (Å²) in [5.41, 5.74) is 0.335. The van der Waals surface area contributed by atoms with Crippen LogP contribution in [0.15, 0.2) is 65.7 Å². The molecule has 142 valence electrons. The largest absolute Gasteiger partial charge is 0.350 e. The summed E-state index contributed by atoms with van der Waals surface area (Å²) in [4.78, 5) is 38.9. The van der Waals surface area contributed by atoms with Gasteiger partial charge in [-0.2, -0.15) is 0 Å². The maximum atomic E-state index is 13.0. The van der Waals surface area contributed by atoms with Crippen molar-refractivity contribution >= 4 is 11.6 Å². The second-order valence-electron chi connectivity index (χ2n) is 5.84. The summed E-state index contributed by atoms with van der Waals surface area (Å²) in [5, 5.41) is 13.5. The number of para-hydroxylation sites is 1. The Balaban J connectivity index is 1.65. The third-order valence-electron chi connectivity index (χ3n) is 4.00. The molecule has 9 heteroatoms. The molecule has 0 bridgehead atoms. The highest BCUT2D eigenvalue weighted by Gasteiger charge is 2.18. The van der Waals surface area contributed by atoms with Gasteiger partial charge in [-0.3, -0.25) is 24.3 Å². The first-order valence-corrected chi connectivity index (χ1v) is 8.30. The van der Waals surface area contributed by atoms with E-state index in [4.69, 9.17) is 0 Å². The summed E-state index contributed by atoms with van der Waals surface area (Å²) in [5.74, 6) is -0.984. The van der Waals surface area contributed by atoms with Crippen LogP contribution in [0.2, 0.25) is 0 Å². The summed E-state index contributed by atoms with van der Waals surface area (Å²) >= 11 is 0. The molecule has 1 heterocycles. The SMILES string of the molecule is O=C(NCCn1cnc(-c2ccc(F)cc2)cc1=O)c1ccccc1[N+](=O)[O-]. The molecule has 8 nitrogen and oxygen atoms in total. The zero-order chi connectivity index (χ0) is 20.1. The minimum atomic E-state index is -0.627. The molecule has 0 aliphatic carbocycles. The molecule has 0 radical (unpaired) electrons. The van der Waals surface area contributed by atoms with E-state index in [0.717, 1.165) is 0 Å². The van der Waals surface area contributed by atoms with E-state index in [2.05, 4.69) is 10.3 Å². The van der Waals surface area contributed by atoms with Crippen molar-refractivity contribution in [3.8, 4) is 11.3 Å². The van der Waals surface area contributed by atoms with E-state index < -0.39 is 10.8 Å². The molecule has 0 fully saturated rings. The van der Waals surface area contributed by atoms with Gasteiger partial charge in [-0.25, -0.2) is 9.37 Å². The molecule has 0 aliphatic heterocycles. The van der Waals surface area contributed by atoms with Gasteiger partial charge in [0.15, 0.2) is 0 Å². The number of aromatic nitrogens is 2. The number of carbonyl (C=O) groups is 1. The van der Waals surface area contributed by atoms with Gasteiger partial charge in [-0.05, 0) is 30.3 Å². The topological polar surface area (TPSA) is 107 Å². The fraction of sp³-hybridized carbons (Fsp3) is 0.105. The lowest BCUT2D eigenvalue weighted by molar-refractivity contribution is -0.385. The van der Waals surface area contributed by atoms with Crippen molar-refractivity contribution in [3.05, 3.63) is 92.8 Å². The lowest BCUT2D eigenvalue weighted by Crippen LogP contribution is -2.31. The van der Waals surface area contributed by atoms with Crippen LogP contribution in [-0.2, 0) is 6.54 Å². The number of nitro benzene ring substituents is 1. The maximum Gasteiger partial charge on any atom is 0.282 e. The number of hydrogen-bond acceptors (Lipinski definition) is 5. The molecule has 0 atom stereocenters. The van der Waals surface area contributed by atoms with Crippen LogP contribution in [0.4, 0.5) is 10.1 Å². The van der Waals surface area contributed by atoms with Crippen LogP contribution < -0.4 is 10.9 Å². The number of benzene rings is 2. The lowest BCUT2D eigenvalue weighted by atomic mass is 10.1. The quantitative estimate of drug-likeness (QED) is 0.520. The van der Waals surface area contributed by atoms with E-state index in [9.17, 15) is 24.1 Å². The van der Waals surface area contributed by atoms with Crippen LogP contribution in [0.25, 0.3) is 11.3 Å². The molecule has 28 heavy (non-hydrogen) atoms. The van der Waals surface area contributed by atoms with Crippen LogP contribution in [0.3, 0.4) is 0 Å². The van der Waals surface area contributed by atoms with Crippen LogP contribution in [0.5, 0.6) is 0 Å². The Bertz CT molecular complexity index is 1080. The Kier molecular flexibility index (Phi) is 5.54. The predicted octanol–water partition coefficient (Wildman–Crippen LogP) is 2.39. The molecule has 0 saturated carbocycles. The van der Waals surface area contributed by atoms with Gasteiger partial charge in [-0.1, -0.05) is 12.1 Å². The van der Waals surface area contributed by atoms with Crippen molar-refractivity contribution < 1.29 is 14.1 Å². The normalized spacial score (nSPS) is 10.5. The Morgan fingerprint density at radius 1 is 1.18 bits per heavy atom. The number of nitrogens with one attached hydrogen (secondary N) is 1. The third kappa shape index (κ3) is 4.26. The second kappa shape index (κ2) is 8.21. The summed E-state index contributed by atoms with van der Waals surface area (Å²) in [6.45, 7) is 0.226. The van der Waals surface area contributed by atoms with E-state index in [1.807, 2.05) is 0 Å². The molecule has 3 rings (SSSR count). The third-order valence-corrected chi connectivity index (χ3v) is 4.00. The summed E-state index contributed by atoms with van der Waals surface area (Å²) < 4.78 is 14.3. The van der Waals surface area contributed by atoms with E-state index in [0.29, 0.717) is 11.3 Å². The maximum absolute atomic E-state index is 13.0. The smallest absolute Gasteiger partial charge is 0.282 e. The molecule has 0 aliphatic rings. The van der Waals surface area contributed by atoms with Gasteiger partial charge in [0.1, 0.15) is 11.4 Å². The number of amides is 1. The minimum Gasteiger partial charge on any atom is -0.350 e. The average molecular weight is 382 g/mol. The highest BCUT2D eigenvalue weighted by molar-refractivity contribution is 5.98. The van der Waals surface area contributed by atoms with Gasteiger partial charge >= 0.3 is 0 Å². The molecule has 1 N–H and O–H groups in total. The monoisotopic (exact) mass is 382 g/mol. The Morgan fingerprint density at radius 3 is 2.57 bits per heavy atom. The molecule has 1 amide bonds. The molecule has 0 saturated heterocycles. The van der Waals surface area contributed by atoms with E-state index in [-0.39, 0.29) is 35.7 Å². The van der Waals surface area contributed by atoms with Gasteiger partial charge in [0.2, 0.25) is 0 Å². The van der Waals surface area contributed by atoms with Crippen molar-refractivity contribution in [1.82, 2.24) is 14.9 Å². The van der Waals surface area contributed by atoms with Crippen molar-refractivity contribution in [1.29, 1.82) is 0 Å². The molecular formula is C19H15FN4O4. The Morgan fingerprint density at radius 2 is 1.89 bits per heavy atom. The summed E-state index contributed by atoms with van der Waals surface area (Å²) in [6, 6.07) is 12.5. The number of hydrogen-bond donors (Lipinski definition) is 1. The first-order valence-electron chi connectivity index (χ1n) is 8.30. The van der Waals surface area contributed by atoms with Gasteiger partial charge < -0.3 is 5.32 Å². The molecule has 2 aromatic carbocycles.